The molecule has 1 N–H and O–H groups in total. The summed E-state index contributed by atoms with van der Waals surface area (Å²) >= 11 is 0. The molecule has 1 amide bonds. The second-order valence-electron chi connectivity index (χ2n) is 7.39. The van der Waals surface area contributed by atoms with Crippen molar-refractivity contribution in [3.63, 3.8) is 0 Å². The summed E-state index contributed by atoms with van der Waals surface area (Å²) in [7, 11) is 0. The summed E-state index contributed by atoms with van der Waals surface area (Å²) in [6, 6.07) is 7.15. The molecule has 1 aromatic carbocycles. The highest BCUT2D eigenvalue weighted by Gasteiger charge is 2.54. The van der Waals surface area contributed by atoms with Crippen molar-refractivity contribution in [3.05, 3.63) is 29.8 Å². The van der Waals surface area contributed by atoms with Gasteiger partial charge in [-0.3, -0.25) is 9.59 Å². The number of carbonyl (C=O) groups is 2. The maximum atomic E-state index is 12.8. The van der Waals surface area contributed by atoms with Crippen LogP contribution in [0.3, 0.4) is 0 Å². The van der Waals surface area contributed by atoms with Crippen LogP contribution in [0.25, 0.3) is 0 Å². The van der Waals surface area contributed by atoms with Gasteiger partial charge >= 0.3 is 0 Å². The lowest BCUT2D eigenvalue weighted by molar-refractivity contribution is -0.140. The summed E-state index contributed by atoms with van der Waals surface area (Å²) < 4.78 is 0. The highest BCUT2D eigenvalue weighted by atomic mass is 16.2. The van der Waals surface area contributed by atoms with Crippen molar-refractivity contribution >= 4 is 17.9 Å². The fraction of sp³-hybridized carbons (Fsp3) is 0.556. The minimum atomic E-state index is -0.113. The Morgan fingerprint density at radius 1 is 1.00 bits per heavy atom. The number of carbonyl (C=O) groups excluding carboxylic acids is 2. The number of hydrogen-bond donors (Lipinski definition) is 1. The van der Waals surface area contributed by atoms with Gasteiger partial charge in [0.1, 0.15) is 6.29 Å². The molecule has 1 aromatic rings. The molecule has 4 aliphatic rings. The van der Waals surface area contributed by atoms with Crippen LogP contribution in [-0.4, -0.2) is 12.2 Å². The SMILES string of the molecule is O=Cc1ccc(NC(=O)C23CC4CC(CC(C4)C2)C3)cc1. The number of nitrogens with one attached hydrogen (secondary N) is 1. The molecule has 3 nitrogen and oxygen atoms in total. The van der Waals surface area contributed by atoms with E-state index in [1.54, 1.807) is 12.1 Å². The fourth-order valence-electron chi connectivity index (χ4n) is 5.30. The van der Waals surface area contributed by atoms with Gasteiger partial charge in [0, 0.05) is 11.3 Å². The third kappa shape index (κ3) is 2.19. The van der Waals surface area contributed by atoms with Crippen LogP contribution >= 0.6 is 0 Å². The first-order chi connectivity index (χ1) is 10.2. The molecule has 0 radical (unpaired) electrons. The van der Waals surface area contributed by atoms with Crippen molar-refractivity contribution in [2.24, 2.45) is 23.2 Å². The quantitative estimate of drug-likeness (QED) is 0.861. The number of anilines is 1. The Kier molecular flexibility index (Phi) is 2.91. The molecule has 0 atom stereocenters. The van der Waals surface area contributed by atoms with Gasteiger partial charge in [0.15, 0.2) is 0 Å². The highest BCUT2D eigenvalue weighted by molar-refractivity contribution is 5.96. The van der Waals surface area contributed by atoms with Crippen LogP contribution in [0.4, 0.5) is 5.69 Å². The Morgan fingerprint density at radius 3 is 2.00 bits per heavy atom. The second kappa shape index (κ2) is 4.69. The van der Waals surface area contributed by atoms with Crippen molar-refractivity contribution < 1.29 is 9.59 Å². The van der Waals surface area contributed by atoms with Crippen LogP contribution in [0.1, 0.15) is 48.9 Å². The van der Waals surface area contributed by atoms with Gasteiger partial charge in [-0.25, -0.2) is 0 Å². The molecular formula is C18H21NO2. The van der Waals surface area contributed by atoms with Crippen LogP contribution in [0.5, 0.6) is 0 Å². The number of aldehydes is 1. The largest absolute Gasteiger partial charge is 0.326 e. The molecule has 3 heteroatoms. The molecule has 0 spiro atoms. The summed E-state index contributed by atoms with van der Waals surface area (Å²) in [4.78, 5) is 23.5. The van der Waals surface area contributed by atoms with Crippen molar-refractivity contribution in [1.82, 2.24) is 0 Å². The third-order valence-corrected chi connectivity index (χ3v) is 5.82. The van der Waals surface area contributed by atoms with E-state index in [-0.39, 0.29) is 11.3 Å². The van der Waals surface area contributed by atoms with Crippen molar-refractivity contribution in [2.45, 2.75) is 38.5 Å². The number of benzene rings is 1. The van der Waals surface area contributed by atoms with E-state index < -0.39 is 0 Å². The van der Waals surface area contributed by atoms with Crippen LogP contribution in [0.2, 0.25) is 0 Å². The molecule has 0 aliphatic heterocycles. The molecule has 0 unspecified atom stereocenters. The van der Waals surface area contributed by atoms with E-state index in [1.165, 1.54) is 19.3 Å². The van der Waals surface area contributed by atoms with Gasteiger partial charge in [-0.2, -0.15) is 0 Å². The van der Waals surface area contributed by atoms with Gasteiger partial charge in [0.2, 0.25) is 5.91 Å². The molecule has 21 heavy (non-hydrogen) atoms. The van der Waals surface area contributed by atoms with Crippen LogP contribution in [0, 0.1) is 23.2 Å². The molecule has 4 saturated carbocycles. The van der Waals surface area contributed by atoms with E-state index in [4.69, 9.17) is 0 Å². The summed E-state index contributed by atoms with van der Waals surface area (Å²) in [5.74, 6) is 2.54. The first-order valence-corrected chi connectivity index (χ1v) is 8.03. The summed E-state index contributed by atoms with van der Waals surface area (Å²) in [5.41, 5.74) is 1.34. The van der Waals surface area contributed by atoms with E-state index in [2.05, 4.69) is 5.32 Å². The fourth-order valence-corrected chi connectivity index (χ4v) is 5.30. The number of rotatable bonds is 3. The Balaban J connectivity index is 1.53. The topological polar surface area (TPSA) is 46.2 Å². The Labute approximate surface area is 125 Å². The Hall–Kier alpha value is -1.64. The normalized spacial score (nSPS) is 36.5. The summed E-state index contributed by atoms with van der Waals surface area (Å²) in [6.07, 6.45) is 8.11. The molecule has 110 valence electrons. The molecule has 0 aromatic heterocycles. The zero-order chi connectivity index (χ0) is 14.4. The standard InChI is InChI=1S/C18H21NO2/c20-11-12-1-3-16(4-2-12)19-17(21)18-8-13-5-14(9-18)7-15(6-13)10-18/h1-4,11,13-15H,5-10H2,(H,19,21). The van der Waals surface area contributed by atoms with Gasteiger partial charge in [-0.05, 0) is 80.5 Å². The zero-order valence-corrected chi connectivity index (χ0v) is 12.2. The molecular weight excluding hydrogens is 262 g/mol. The van der Waals surface area contributed by atoms with E-state index >= 15 is 0 Å². The van der Waals surface area contributed by atoms with Crippen LogP contribution in [0.15, 0.2) is 24.3 Å². The van der Waals surface area contributed by atoms with E-state index in [0.29, 0.717) is 5.56 Å². The minimum Gasteiger partial charge on any atom is -0.326 e. The molecule has 5 rings (SSSR count). The van der Waals surface area contributed by atoms with Crippen molar-refractivity contribution in [2.75, 3.05) is 5.32 Å². The smallest absolute Gasteiger partial charge is 0.230 e. The first kappa shape index (κ1) is 13.1. The van der Waals surface area contributed by atoms with E-state index in [0.717, 1.165) is 49.0 Å². The lowest BCUT2D eigenvalue weighted by Crippen LogP contribution is -2.51. The van der Waals surface area contributed by atoms with Gasteiger partial charge in [-0.1, -0.05) is 0 Å². The lowest BCUT2D eigenvalue weighted by Gasteiger charge is -2.55. The molecule has 0 heterocycles. The van der Waals surface area contributed by atoms with Gasteiger partial charge in [0.25, 0.3) is 0 Å². The monoisotopic (exact) mass is 283 g/mol. The minimum absolute atomic E-state index is 0.113. The summed E-state index contributed by atoms with van der Waals surface area (Å²) in [5, 5.41) is 3.10. The predicted molar refractivity (Wildman–Crippen MR) is 81.1 cm³/mol. The first-order valence-electron chi connectivity index (χ1n) is 8.03. The van der Waals surface area contributed by atoms with E-state index in [9.17, 15) is 9.59 Å². The molecule has 0 saturated heterocycles. The van der Waals surface area contributed by atoms with Crippen molar-refractivity contribution in [3.8, 4) is 0 Å². The van der Waals surface area contributed by atoms with Gasteiger partial charge in [0.05, 0.1) is 5.41 Å². The molecule has 4 aliphatic carbocycles. The number of hydrogen-bond acceptors (Lipinski definition) is 2. The zero-order valence-electron chi connectivity index (χ0n) is 12.2. The maximum Gasteiger partial charge on any atom is 0.230 e. The third-order valence-electron chi connectivity index (χ3n) is 5.82. The van der Waals surface area contributed by atoms with Crippen molar-refractivity contribution in [1.29, 1.82) is 0 Å². The van der Waals surface area contributed by atoms with Gasteiger partial charge < -0.3 is 5.32 Å². The van der Waals surface area contributed by atoms with Crippen LogP contribution < -0.4 is 5.32 Å². The molecule has 4 bridgehead atoms. The van der Waals surface area contributed by atoms with E-state index in [1.807, 2.05) is 12.1 Å². The number of amides is 1. The predicted octanol–water partition coefficient (Wildman–Crippen LogP) is 3.65. The van der Waals surface area contributed by atoms with Gasteiger partial charge in [-0.15, -0.1) is 0 Å². The summed E-state index contributed by atoms with van der Waals surface area (Å²) in [6.45, 7) is 0. The highest BCUT2D eigenvalue weighted by Crippen LogP contribution is 2.60. The van der Waals surface area contributed by atoms with Crippen LogP contribution in [-0.2, 0) is 4.79 Å². The Bertz CT molecular complexity index is 540. The lowest BCUT2D eigenvalue weighted by atomic mass is 9.49. The Morgan fingerprint density at radius 2 is 1.52 bits per heavy atom. The average Bonchev–Trinajstić information content (AvgIpc) is 2.46. The molecule has 4 fully saturated rings. The maximum absolute atomic E-state index is 12.8. The average molecular weight is 283 g/mol. The second-order valence-corrected chi connectivity index (χ2v) is 7.39.